The maximum atomic E-state index is 2.50. The van der Waals surface area contributed by atoms with Gasteiger partial charge in [-0.25, -0.2) is 0 Å². The lowest BCUT2D eigenvalue weighted by molar-refractivity contribution is 0.152. The maximum Gasteiger partial charge on any atom is -0.0269 e. The molecule has 2 bridgehead atoms. The molecule has 2 unspecified atom stereocenters. The van der Waals surface area contributed by atoms with Gasteiger partial charge in [0.2, 0.25) is 0 Å². The largest absolute Gasteiger partial charge is 0.0622 e. The smallest absolute Gasteiger partial charge is 0.0269 e. The molecule has 0 radical (unpaired) electrons. The van der Waals surface area contributed by atoms with Gasteiger partial charge in [-0.15, -0.1) is 0 Å². The molecule has 64 valence electrons. The quantitative estimate of drug-likeness (QED) is 0.498. The Hall–Kier alpha value is 0. The molecule has 0 aromatic rings. The molecule has 0 nitrogen and oxygen atoms in total. The maximum absolute atomic E-state index is 2.50. The summed E-state index contributed by atoms with van der Waals surface area (Å²) >= 11 is 0. The molecule has 0 aromatic heterocycles. The summed E-state index contributed by atoms with van der Waals surface area (Å²) in [6.07, 6.45) is 4.45. The topological polar surface area (TPSA) is 0 Å². The van der Waals surface area contributed by atoms with E-state index < -0.39 is 0 Å². The molecule has 2 aliphatic rings. The molecule has 11 heavy (non-hydrogen) atoms. The molecule has 2 fully saturated rings. The second-order valence-corrected chi connectivity index (χ2v) is 5.61. The molecule has 0 aromatic carbocycles. The van der Waals surface area contributed by atoms with Gasteiger partial charge in [0.05, 0.1) is 0 Å². The Morgan fingerprint density at radius 2 is 1.82 bits per heavy atom. The molecule has 0 saturated heterocycles. The van der Waals surface area contributed by atoms with Crippen LogP contribution in [0.15, 0.2) is 0 Å². The minimum absolute atomic E-state index is 0.631. The number of hydrogen-bond acceptors (Lipinski definition) is 0. The van der Waals surface area contributed by atoms with Crippen molar-refractivity contribution in [2.24, 2.45) is 22.7 Å². The molecule has 0 aliphatic heterocycles. The molecule has 0 spiro atoms. The van der Waals surface area contributed by atoms with E-state index in [1.54, 1.807) is 0 Å². The van der Waals surface area contributed by atoms with E-state index in [-0.39, 0.29) is 0 Å². The lowest BCUT2D eigenvalue weighted by Crippen LogP contribution is -2.26. The predicted octanol–water partition coefficient (Wildman–Crippen LogP) is 3.47. The first-order valence-electron chi connectivity index (χ1n) is 4.97. The number of hydrogen-bond donors (Lipinski definition) is 0. The SMILES string of the molecule is C[C@H]1CC2(C)CCC1C2(C)C. The van der Waals surface area contributed by atoms with E-state index in [0.29, 0.717) is 10.8 Å². The summed E-state index contributed by atoms with van der Waals surface area (Å²) in [7, 11) is 0. The predicted molar refractivity (Wildman–Crippen MR) is 48.4 cm³/mol. The Morgan fingerprint density at radius 1 is 1.18 bits per heavy atom. The van der Waals surface area contributed by atoms with Gasteiger partial charge in [-0.3, -0.25) is 0 Å². The van der Waals surface area contributed by atoms with Crippen molar-refractivity contribution in [3.05, 3.63) is 0 Å². The summed E-state index contributed by atoms with van der Waals surface area (Å²) in [6.45, 7) is 9.90. The molecular formula is C11H20. The van der Waals surface area contributed by atoms with Crippen LogP contribution in [0.25, 0.3) is 0 Å². The fourth-order valence-electron chi connectivity index (χ4n) is 3.82. The first-order chi connectivity index (χ1) is 4.97. The lowest BCUT2D eigenvalue weighted by atomic mass is 9.71. The van der Waals surface area contributed by atoms with Crippen molar-refractivity contribution in [2.45, 2.75) is 47.0 Å². The van der Waals surface area contributed by atoms with E-state index in [9.17, 15) is 0 Å². The van der Waals surface area contributed by atoms with Gasteiger partial charge in [-0.2, -0.15) is 0 Å². The molecule has 2 saturated carbocycles. The summed E-state index contributed by atoms with van der Waals surface area (Å²) in [4.78, 5) is 0. The molecule has 0 N–H and O–H groups in total. The fraction of sp³-hybridized carbons (Fsp3) is 1.00. The van der Waals surface area contributed by atoms with Gasteiger partial charge in [0, 0.05) is 0 Å². The minimum Gasteiger partial charge on any atom is -0.0622 e. The Morgan fingerprint density at radius 3 is 2.00 bits per heavy atom. The lowest BCUT2D eigenvalue weighted by Gasteiger charge is -2.34. The van der Waals surface area contributed by atoms with Crippen molar-refractivity contribution in [1.82, 2.24) is 0 Å². The van der Waals surface area contributed by atoms with Gasteiger partial charge in [0.1, 0.15) is 0 Å². The molecule has 2 aliphatic carbocycles. The van der Waals surface area contributed by atoms with Gasteiger partial charge in [0.15, 0.2) is 0 Å². The van der Waals surface area contributed by atoms with Crippen molar-refractivity contribution in [3.8, 4) is 0 Å². The molecule has 2 rings (SSSR count). The molecule has 0 amide bonds. The molecule has 0 heteroatoms. The Kier molecular flexibility index (Phi) is 1.28. The van der Waals surface area contributed by atoms with E-state index in [0.717, 1.165) is 11.8 Å². The molecule has 0 heterocycles. The van der Waals surface area contributed by atoms with Crippen molar-refractivity contribution in [3.63, 3.8) is 0 Å². The highest BCUT2D eigenvalue weighted by atomic mass is 14.6. The van der Waals surface area contributed by atoms with Crippen molar-refractivity contribution < 1.29 is 0 Å². The first-order valence-corrected chi connectivity index (χ1v) is 4.97. The normalized spacial score (nSPS) is 53.5. The van der Waals surface area contributed by atoms with E-state index in [2.05, 4.69) is 27.7 Å². The Bertz CT molecular complexity index is 178. The average Bonchev–Trinajstić information content (AvgIpc) is 2.13. The zero-order valence-electron chi connectivity index (χ0n) is 8.28. The van der Waals surface area contributed by atoms with Crippen LogP contribution in [0.1, 0.15) is 47.0 Å². The number of fused-ring (bicyclic) bond motifs is 2. The van der Waals surface area contributed by atoms with Gasteiger partial charge < -0.3 is 0 Å². The number of rotatable bonds is 0. The third-order valence-electron chi connectivity index (χ3n) is 4.95. The molecular weight excluding hydrogens is 132 g/mol. The average molecular weight is 152 g/mol. The highest BCUT2D eigenvalue weighted by Crippen LogP contribution is 2.67. The second kappa shape index (κ2) is 1.84. The van der Waals surface area contributed by atoms with E-state index in [1.807, 2.05) is 0 Å². The van der Waals surface area contributed by atoms with Crippen molar-refractivity contribution in [1.29, 1.82) is 0 Å². The third-order valence-corrected chi connectivity index (χ3v) is 4.95. The first kappa shape index (κ1) is 7.64. The van der Waals surface area contributed by atoms with Crippen LogP contribution in [0.5, 0.6) is 0 Å². The summed E-state index contributed by atoms with van der Waals surface area (Å²) in [6, 6.07) is 0. The highest BCUT2D eigenvalue weighted by molar-refractivity contribution is 5.08. The zero-order chi connectivity index (χ0) is 8.28. The van der Waals surface area contributed by atoms with Gasteiger partial charge in [-0.1, -0.05) is 27.7 Å². The van der Waals surface area contributed by atoms with Crippen LogP contribution in [0.3, 0.4) is 0 Å². The van der Waals surface area contributed by atoms with Crippen LogP contribution in [-0.4, -0.2) is 0 Å². The highest BCUT2D eigenvalue weighted by Gasteiger charge is 2.58. The summed E-state index contributed by atoms with van der Waals surface area (Å²) < 4.78 is 0. The second-order valence-electron chi connectivity index (χ2n) is 5.61. The van der Waals surface area contributed by atoms with Crippen LogP contribution in [0.4, 0.5) is 0 Å². The Balaban J connectivity index is 2.37. The third kappa shape index (κ3) is 0.711. The van der Waals surface area contributed by atoms with Crippen molar-refractivity contribution >= 4 is 0 Å². The van der Waals surface area contributed by atoms with E-state index in [1.165, 1.54) is 19.3 Å². The van der Waals surface area contributed by atoms with E-state index in [4.69, 9.17) is 0 Å². The van der Waals surface area contributed by atoms with Gasteiger partial charge in [-0.05, 0) is 41.9 Å². The summed E-state index contributed by atoms with van der Waals surface area (Å²) in [5.41, 5.74) is 1.31. The zero-order valence-corrected chi connectivity index (χ0v) is 8.28. The van der Waals surface area contributed by atoms with E-state index >= 15 is 0 Å². The summed E-state index contributed by atoms with van der Waals surface area (Å²) in [5, 5.41) is 0. The Labute approximate surface area is 70.4 Å². The standard InChI is InChI=1S/C11H20/c1-8-7-11(4)6-5-9(8)10(11,2)3/h8-9H,5-7H2,1-4H3/t8-,9?,11?/m0/s1. The summed E-state index contributed by atoms with van der Waals surface area (Å²) in [5.74, 6) is 2.01. The monoisotopic (exact) mass is 152 g/mol. The van der Waals surface area contributed by atoms with Crippen LogP contribution in [-0.2, 0) is 0 Å². The van der Waals surface area contributed by atoms with Crippen LogP contribution >= 0.6 is 0 Å². The van der Waals surface area contributed by atoms with Gasteiger partial charge >= 0.3 is 0 Å². The molecule has 3 atom stereocenters. The fourth-order valence-corrected chi connectivity index (χ4v) is 3.82. The van der Waals surface area contributed by atoms with Crippen LogP contribution < -0.4 is 0 Å². The van der Waals surface area contributed by atoms with Gasteiger partial charge in [0.25, 0.3) is 0 Å². The minimum atomic E-state index is 0.631. The van der Waals surface area contributed by atoms with Crippen molar-refractivity contribution in [2.75, 3.05) is 0 Å². The van der Waals surface area contributed by atoms with Crippen LogP contribution in [0, 0.1) is 22.7 Å². The van der Waals surface area contributed by atoms with Crippen LogP contribution in [0.2, 0.25) is 0 Å².